The second kappa shape index (κ2) is 6.03. The van der Waals surface area contributed by atoms with Crippen molar-refractivity contribution in [2.24, 2.45) is 5.84 Å². The number of methoxy groups -OCH3 is 1. The van der Waals surface area contributed by atoms with Crippen LogP contribution in [0.2, 0.25) is 0 Å². The van der Waals surface area contributed by atoms with Crippen molar-refractivity contribution in [1.82, 2.24) is 4.98 Å². The van der Waals surface area contributed by atoms with Gasteiger partial charge in [0, 0.05) is 11.9 Å². The third kappa shape index (κ3) is 2.86. The van der Waals surface area contributed by atoms with Gasteiger partial charge in [-0.2, -0.15) is 0 Å². The highest BCUT2D eigenvalue weighted by atomic mass is 16.5. The van der Waals surface area contributed by atoms with Gasteiger partial charge < -0.3 is 15.5 Å². The first-order valence-electron chi connectivity index (χ1n) is 6.02. The molecule has 104 valence electrons. The van der Waals surface area contributed by atoms with E-state index in [1.54, 1.807) is 25.3 Å². The molecule has 6 nitrogen and oxygen atoms in total. The Morgan fingerprint density at radius 2 is 2.15 bits per heavy atom. The Hall–Kier alpha value is -2.60. The van der Waals surface area contributed by atoms with Crippen LogP contribution in [-0.2, 0) is 0 Å². The predicted molar refractivity (Wildman–Crippen MR) is 77.7 cm³/mol. The lowest BCUT2D eigenvalue weighted by Crippen LogP contribution is -2.17. The molecular weight excluding hydrogens is 256 g/mol. The summed E-state index contributed by atoms with van der Waals surface area (Å²) in [6.07, 6.45) is 3.03. The number of amides is 1. The van der Waals surface area contributed by atoms with Crippen molar-refractivity contribution in [3.05, 3.63) is 47.8 Å². The summed E-state index contributed by atoms with van der Waals surface area (Å²) in [7, 11) is 1.61. The molecule has 0 spiro atoms. The molecule has 4 N–H and O–H groups in total. The van der Waals surface area contributed by atoms with Gasteiger partial charge in [-0.3, -0.25) is 15.6 Å². The number of aromatic nitrogens is 1. The van der Waals surface area contributed by atoms with Gasteiger partial charge in [0.2, 0.25) is 0 Å². The van der Waals surface area contributed by atoms with Crippen LogP contribution in [0.5, 0.6) is 5.75 Å². The van der Waals surface area contributed by atoms with Crippen molar-refractivity contribution in [2.45, 2.75) is 6.92 Å². The summed E-state index contributed by atoms with van der Waals surface area (Å²) in [6, 6.07) is 7.02. The molecule has 2 aromatic rings. The lowest BCUT2D eigenvalue weighted by molar-refractivity contribution is 0.102. The van der Waals surface area contributed by atoms with Gasteiger partial charge in [0.25, 0.3) is 5.91 Å². The van der Waals surface area contributed by atoms with E-state index in [9.17, 15) is 4.79 Å². The highest BCUT2D eigenvalue weighted by molar-refractivity contribution is 6.07. The first kappa shape index (κ1) is 13.8. The van der Waals surface area contributed by atoms with Gasteiger partial charge in [0.15, 0.2) is 0 Å². The van der Waals surface area contributed by atoms with Gasteiger partial charge in [0.05, 0.1) is 24.6 Å². The topological polar surface area (TPSA) is 89.3 Å². The van der Waals surface area contributed by atoms with Gasteiger partial charge in [-0.05, 0) is 36.8 Å². The van der Waals surface area contributed by atoms with Crippen LogP contribution in [-0.4, -0.2) is 18.0 Å². The number of rotatable bonds is 4. The Morgan fingerprint density at radius 1 is 1.35 bits per heavy atom. The van der Waals surface area contributed by atoms with Crippen LogP contribution < -0.4 is 21.3 Å². The van der Waals surface area contributed by atoms with Gasteiger partial charge in [0.1, 0.15) is 5.75 Å². The first-order chi connectivity index (χ1) is 9.65. The molecule has 0 unspecified atom stereocenters. The van der Waals surface area contributed by atoms with Crippen LogP contribution in [0.3, 0.4) is 0 Å². The van der Waals surface area contributed by atoms with Crippen LogP contribution in [0.1, 0.15) is 15.9 Å². The van der Waals surface area contributed by atoms with Crippen molar-refractivity contribution in [3.8, 4) is 5.75 Å². The third-order valence-corrected chi connectivity index (χ3v) is 2.87. The monoisotopic (exact) mass is 272 g/mol. The number of nitrogen functional groups attached to an aromatic ring is 1. The van der Waals surface area contributed by atoms with E-state index < -0.39 is 0 Å². The molecule has 0 radical (unpaired) electrons. The lowest BCUT2D eigenvalue weighted by atomic mass is 10.1. The summed E-state index contributed by atoms with van der Waals surface area (Å²) in [5.74, 6) is 5.87. The van der Waals surface area contributed by atoms with E-state index in [1.807, 2.05) is 13.0 Å². The fourth-order valence-corrected chi connectivity index (χ4v) is 1.86. The molecule has 0 saturated heterocycles. The largest absolute Gasteiger partial charge is 0.496 e. The summed E-state index contributed by atoms with van der Waals surface area (Å²) in [5.41, 5.74) is 4.97. The first-order valence-corrected chi connectivity index (χ1v) is 6.02. The maximum Gasteiger partial charge on any atom is 0.257 e. The number of hydrazine groups is 1. The van der Waals surface area contributed by atoms with Crippen molar-refractivity contribution in [2.75, 3.05) is 17.9 Å². The van der Waals surface area contributed by atoms with Gasteiger partial charge in [-0.25, -0.2) is 0 Å². The average Bonchev–Trinajstić information content (AvgIpc) is 2.47. The van der Waals surface area contributed by atoms with E-state index in [4.69, 9.17) is 10.6 Å². The van der Waals surface area contributed by atoms with Crippen LogP contribution in [0.4, 0.5) is 11.4 Å². The number of hydrogen-bond acceptors (Lipinski definition) is 5. The molecule has 0 saturated carbocycles. The number of nitrogens with zero attached hydrogens (tertiary/aromatic N) is 1. The molecule has 0 fully saturated rings. The Morgan fingerprint density at radius 3 is 2.80 bits per heavy atom. The summed E-state index contributed by atoms with van der Waals surface area (Å²) < 4.78 is 5.18. The number of anilines is 2. The van der Waals surface area contributed by atoms with Gasteiger partial charge in [-0.15, -0.1) is 0 Å². The zero-order chi connectivity index (χ0) is 14.5. The SMILES string of the molecule is COc1ccc(NC(=O)c2ccncc2NN)cc1C. The number of aryl methyl sites for hydroxylation is 1. The molecule has 1 aromatic carbocycles. The Labute approximate surface area is 116 Å². The zero-order valence-corrected chi connectivity index (χ0v) is 11.3. The van der Waals surface area contributed by atoms with Crippen molar-refractivity contribution >= 4 is 17.3 Å². The quantitative estimate of drug-likeness (QED) is 0.584. The fourth-order valence-electron chi connectivity index (χ4n) is 1.86. The van der Waals surface area contributed by atoms with Crippen molar-refractivity contribution in [1.29, 1.82) is 0 Å². The zero-order valence-electron chi connectivity index (χ0n) is 11.3. The number of nitrogens with two attached hydrogens (primary N) is 1. The predicted octanol–water partition coefficient (Wildman–Crippen LogP) is 1.94. The second-order valence-corrected chi connectivity index (χ2v) is 4.20. The molecule has 6 heteroatoms. The standard InChI is InChI=1S/C14H16N4O2/c1-9-7-10(3-4-13(9)20-2)17-14(19)11-5-6-16-8-12(11)18-15/h3-8,18H,15H2,1-2H3,(H,17,19). The van der Waals surface area contributed by atoms with Crippen LogP contribution in [0.15, 0.2) is 36.7 Å². The summed E-state index contributed by atoms with van der Waals surface area (Å²) in [5, 5.41) is 2.81. The number of carbonyl (C=O) groups excluding carboxylic acids is 1. The molecule has 0 atom stereocenters. The number of nitrogens with one attached hydrogen (secondary N) is 2. The number of carbonyl (C=O) groups is 1. The minimum atomic E-state index is -0.259. The highest BCUT2D eigenvalue weighted by Crippen LogP contribution is 2.22. The molecule has 20 heavy (non-hydrogen) atoms. The van der Waals surface area contributed by atoms with Gasteiger partial charge >= 0.3 is 0 Å². The molecule has 0 bridgehead atoms. The number of benzene rings is 1. The third-order valence-electron chi connectivity index (χ3n) is 2.87. The van der Waals surface area contributed by atoms with E-state index >= 15 is 0 Å². The average molecular weight is 272 g/mol. The maximum atomic E-state index is 12.2. The lowest BCUT2D eigenvalue weighted by Gasteiger charge is -2.11. The molecule has 0 aliphatic heterocycles. The normalized spacial score (nSPS) is 9.95. The number of hydrogen-bond donors (Lipinski definition) is 3. The van der Waals surface area contributed by atoms with E-state index in [1.165, 1.54) is 12.4 Å². The van der Waals surface area contributed by atoms with E-state index in [0.29, 0.717) is 16.9 Å². The van der Waals surface area contributed by atoms with E-state index in [2.05, 4.69) is 15.7 Å². The Balaban J connectivity index is 2.21. The Kier molecular flexibility index (Phi) is 4.17. The molecule has 2 rings (SSSR count). The van der Waals surface area contributed by atoms with E-state index in [0.717, 1.165) is 11.3 Å². The minimum absolute atomic E-state index is 0.259. The molecule has 1 amide bonds. The Bertz CT molecular complexity index is 628. The van der Waals surface area contributed by atoms with Crippen LogP contribution in [0.25, 0.3) is 0 Å². The summed E-state index contributed by atoms with van der Waals surface area (Å²) in [4.78, 5) is 16.1. The number of ether oxygens (including phenoxy) is 1. The van der Waals surface area contributed by atoms with Crippen LogP contribution in [0, 0.1) is 6.92 Å². The number of pyridine rings is 1. The molecule has 0 aliphatic carbocycles. The minimum Gasteiger partial charge on any atom is -0.496 e. The molecular formula is C14H16N4O2. The maximum absolute atomic E-state index is 12.2. The van der Waals surface area contributed by atoms with E-state index in [-0.39, 0.29) is 5.91 Å². The van der Waals surface area contributed by atoms with Crippen molar-refractivity contribution in [3.63, 3.8) is 0 Å². The highest BCUT2D eigenvalue weighted by Gasteiger charge is 2.11. The summed E-state index contributed by atoms with van der Waals surface area (Å²) in [6.45, 7) is 1.91. The smallest absolute Gasteiger partial charge is 0.257 e. The van der Waals surface area contributed by atoms with Crippen LogP contribution >= 0.6 is 0 Å². The summed E-state index contributed by atoms with van der Waals surface area (Å²) >= 11 is 0. The van der Waals surface area contributed by atoms with Gasteiger partial charge in [-0.1, -0.05) is 0 Å². The molecule has 0 aliphatic rings. The molecule has 1 heterocycles. The molecule has 1 aromatic heterocycles. The second-order valence-electron chi connectivity index (χ2n) is 4.20. The van der Waals surface area contributed by atoms with Crippen molar-refractivity contribution < 1.29 is 9.53 Å². The fraction of sp³-hybridized carbons (Fsp3) is 0.143.